The van der Waals surface area contributed by atoms with Crippen molar-refractivity contribution in [2.24, 2.45) is 0 Å². The van der Waals surface area contributed by atoms with Gasteiger partial charge in [-0.2, -0.15) is 0 Å². The number of hydrogen-bond acceptors (Lipinski definition) is 6. The number of ether oxygens (including phenoxy) is 2. The van der Waals surface area contributed by atoms with E-state index in [1.54, 1.807) is 19.5 Å². The van der Waals surface area contributed by atoms with Crippen molar-refractivity contribution < 1.29 is 14.3 Å². The van der Waals surface area contributed by atoms with Gasteiger partial charge in [0.1, 0.15) is 11.6 Å². The van der Waals surface area contributed by atoms with Crippen molar-refractivity contribution in [1.29, 1.82) is 0 Å². The molecule has 0 spiro atoms. The van der Waals surface area contributed by atoms with Gasteiger partial charge in [-0.05, 0) is 31.9 Å². The molecule has 0 aliphatic heterocycles. The minimum absolute atomic E-state index is 0.106. The Hall–Kier alpha value is -2.63. The van der Waals surface area contributed by atoms with Gasteiger partial charge in [0.15, 0.2) is 0 Å². The normalized spacial score (nSPS) is 10.4. The summed E-state index contributed by atoms with van der Waals surface area (Å²) in [6.45, 7) is 3.11. The number of anilines is 2. The Morgan fingerprint density at radius 2 is 2.00 bits per heavy atom. The van der Waals surface area contributed by atoms with E-state index in [4.69, 9.17) is 9.47 Å². The van der Waals surface area contributed by atoms with Crippen molar-refractivity contribution in [1.82, 2.24) is 9.97 Å². The lowest BCUT2D eigenvalue weighted by atomic mass is 10.1. The number of aromatic nitrogens is 2. The van der Waals surface area contributed by atoms with E-state index in [1.165, 1.54) is 0 Å². The van der Waals surface area contributed by atoms with Crippen LogP contribution in [-0.2, 0) is 9.53 Å². The second-order valence-electron chi connectivity index (χ2n) is 5.89. The summed E-state index contributed by atoms with van der Waals surface area (Å²) >= 11 is 0. The molecule has 2 aromatic heterocycles. The van der Waals surface area contributed by atoms with Crippen molar-refractivity contribution in [3.63, 3.8) is 0 Å². The van der Waals surface area contributed by atoms with Crippen molar-refractivity contribution in [2.75, 3.05) is 25.2 Å². The molecule has 2 heterocycles. The highest BCUT2D eigenvalue weighted by atomic mass is 16.5. The predicted octanol–water partition coefficient (Wildman–Crippen LogP) is 4.14. The summed E-state index contributed by atoms with van der Waals surface area (Å²) in [5, 5.41) is 0. The number of esters is 1. The topological polar surface area (TPSA) is 64.5 Å². The Morgan fingerprint density at radius 1 is 1.15 bits per heavy atom. The zero-order valence-corrected chi connectivity index (χ0v) is 15.6. The molecule has 0 fully saturated rings. The number of methoxy groups -OCH3 is 1. The fourth-order valence-corrected chi connectivity index (χ4v) is 2.68. The quantitative estimate of drug-likeness (QED) is 0.445. The third-order valence-electron chi connectivity index (χ3n) is 3.99. The van der Waals surface area contributed by atoms with Crippen molar-refractivity contribution in [3.8, 4) is 5.75 Å². The van der Waals surface area contributed by atoms with Crippen LogP contribution in [0.15, 0.2) is 42.9 Å². The van der Waals surface area contributed by atoms with Crippen LogP contribution in [0.4, 0.5) is 11.5 Å². The highest BCUT2D eigenvalue weighted by Crippen LogP contribution is 2.26. The van der Waals surface area contributed by atoms with E-state index in [9.17, 15) is 4.79 Å². The first-order chi connectivity index (χ1) is 12.7. The van der Waals surface area contributed by atoms with Crippen molar-refractivity contribution in [2.45, 2.75) is 39.0 Å². The van der Waals surface area contributed by atoms with Crippen LogP contribution in [0.5, 0.6) is 5.75 Å². The highest BCUT2D eigenvalue weighted by Gasteiger charge is 2.11. The summed E-state index contributed by atoms with van der Waals surface area (Å²) in [6, 6.07) is 7.83. The molecule has 0 radical (unpaired) electrons. The zero-order chi connectivity index (χ0) is 18.6. The van der Waals surface area contributed by atoms with Gasteiger partial charge in [-0.1, -0.05) is 18.9 Å². The molecule has 6 heteroatoms. The molecule has 0 bridgehead atoms. The summed E-state index contributed by atoms with van der Waals surface area (Å²) in [4.78, 5) is 22.2. The standard InChI is InChI=1S/C20H27N3O3/c1-3-26-20(24)11-6-4-5-9-13-23(19-10-7-8-12-22-19)17-14-18(25-2)16-21-15-17/h7-8,10,12,14-16H,3-6,9,11,13H2,1-2H3. The van der Waals surface area contributed by atoms with Gasteiger partial charge in [-0.25, -0.2) is 4.98 Å². The maximum atomic E-state index is 11.4. The Balaban J connectivity index is 1.90. The number of pyridine rings is 2. The van der Waals surface area contributed by atoms with Crippen molar-refractivity contribution >= 4 is 17.5 Å². The second-order valence-corrected chi connectivity index (χ2v) is 5.89. The predicted molar refractivity (Wildman–Crippen MR) is 102 cm³/mol. The molecule has 0 aliphatic rings. The van der Waals surface area contributed by atoms with Crippen LogP contribution in [0.2, 0.25) is 0 Å². The number of carbonyl (C=O) groups excluding carboxylic acids is 1. The Morgan fingerprint density at radius 3 is 2.73 bits per heavy atom. The van der Waals surface area contributed by atoms with Crippen LogP contribution < -0.4 is 9.64 Å². The molecular formula is C20H27N3O3. The molecule has 0 unspecified atom stereocenters. The molecule has 2 aromatic rings. The number of unbranched alkanes of at least 4 members (excludes halogenated alkanes) is 3. The molecule has 0 amide bonds. The van der Waals surface area contributed by atoms with Crippen molar-refractivity contribution in [3.05, 3.63) is 42.9 Å². The number of hydrogen-bond donors (Lipinski definition) is 0. The molecule has 0 aliphatic carbocycles. The average molecular weight is 357 g/mol. The number of rotatable bonds is 11. The largest absolute Gasteiger partial charge is 0.495 e. The summed E-state index contributed by atoms with van der Waals surface area (Å²) in [5.41, 5.74) is 0.953. The monoisotopic (exact) mass is 357 g/mol. The molecule has 0 N–H and O–H groups in total. The molecule has 2 rings (SSSR count). The van der Waals surface area contributed by atoms with Gasteiger partial charge in [0.2, 0.25) is 0 Å². The van der Waals surface area contributed by atoms with Crippen LogP contribution in [0.3, 0.4) is 0 Å². The molecule has 0 aromatic carbocycles. The van der Waals surface area contributed by atoms with E-state index in [1.807, 2.05) is 37.4 Å². The fourth-order valence-electron chi connectivity index (χ4n) is 2.68. The van der Waals surface area contributed by atoms with Gasteiger partial charge < -0.3 is 14.4 Å². The van der Waals surface area contributed by atoms with E-state index in [0.717, 1.165) is 49.5 Å². The van der Waals surface area contributed by atoms with Gasteiger partial charge in [0.25, 0.3) is 0 Å². The van der Waals surface area contributed by atoms with E-state index in [0.29, 0.717) is 13.0 Å². The van der Waals surface area contributed by atoms with Gasteiger partial charge in [0.05, 0.1) is 31.8 Å². The van der Waals surface area contributed by atoms with E-state index in [2.05, 4.69) is 14.9 Å². The molecule has 0 saturated heterocycles. The lowest BCUT2D eigenvalue weighted by Gasteiger charge is -2.23. The molecule has 140 valence electrons. The maximum Gasteiger partial charge on any atom is 0.305 e. The first-order valence-electron chi connectivity index (χ1n) is 9.07. The molecule has 6 nitrogen and oxygen atoms in total. The van der Waals surface area contributed by atoms with Gasteiger partial charge >= 0.3 is 5.97 Å². The minimum Gasteiger partial charge on any atom is -0.495 e. The second kappa shape index (κ2) is 11.1. The average Bonchev–Trinajstić information content (AvgIpc) is 2.68. The van der Waals surface area contributed by atoms with E-state index < -0.39 is 0 Å². The molecule has 26 heavy (non-hydrogen) atoms. The molecule has 0 saturated carbocycles. The zero-order valence-electron chi connectivity index (χ0n) is 15.6. The first-order valence-corrected chi connectivity index (χ1v) is 9.07. The Bertz CT molecular complexity index is 664. The van der Waals surface area contributed by atoms with Crippen LogP contribution >= 0.6 is 0 Å². The van der Waals surface area contributed by atoms with Gasteiger partial charge in [0, 0.05) is 25.2 Å². The molecular weight excluding hydrogens is 330 g/mol. The van der Waals surface area contributed by atoms with Crippen LogP contribution in [0.25, 0.3) is 0 Å². The summed E-state index contributed by atoms with van der Waals surface area (Å²) in [5.74, 6) is 1.50. The summed E-state index contributed by atoms with van der Waals surface area (Å²) in [7, 11) is 1.63. The SMILES string of the molecule is CCOC(=O)CCCCCCN(c1cncc(OC)c1)c1ccccn1. The first kappa shape index (κ1) is 19.7. The Labute approximate surface area is 155 Å². The summed E-state index contributed by atoms with van der Waals surface area (Å²) in [6.07, 6.45) is 9.70. The van der Waals surface area contributed by atoms with E-state index in [-0.39, 0.29) is 5.97 Å². The lowest BCUT2D eigenvalue weighted by molar-refractivity contribution is -0.143. The Kier molecular flexibility index (Phi) is 8.39. The smallest absolute Gasteiger partial charge is 0.305 e. The van der Waals surface area contributed by atoms with E-state index >= 15 is 0 Å². The van der Waals surface area contributed by atoms with Crippen LogP contribution in [0, 0.1) is 0 Å². The minimum atomic E-state index is -0.106. The third kappa shape index (κ3) is 6.35. The molecule has 0 atom stereocenters. The van der Waals surface area contributed by atoms with Gasteiger partial charge in [-0.15, -0.1) is 0 Å². The summed E-state index contributed by atoms with van der Waals surface area (Å²) < 4.78 is 10.2. The third-order valence-corrected chi connectivity index (χ3v) is 3.99. The highest BCUT2D eigenvalue weighted by molar-refractivity contribution is 5.69. The number of carbonyl (C=O) groups is 1. The maximum absolute atomic E-state index is 11.4. The van der Waals surface area contributed by atoms with Crippen LogP contribution in [0.1, 0.15) is 39.0 Å². The lowest BCUT2D eigenvalue weighted by Crippen LogP contribution is -2.19. The number of nitrogens with zero attached hydrogens (tertiary/aromatic N) is 3. The van der Waals surface area contributed by atoms with Gasteiger partial charge in [-0.3, -0.25) is 9.78 Å². The van der Waals surface area contributed by atoms with Crippen LogP contribution in [-0.4, -0.2) is 36.2 Å². The fraction of sp³-hybridized carbons (Fsp3) is 0.450.